The molecule has 0 radical (unpaired) electrons. The van der Waals surface area contributed by atoms with Crippen LogP contribution in [0.5, 0.6) is 11.5 Å². The quantitative estimate of drug-likeness (QED) is 0.639. The summed E-state index contributed by atoms with van der Waals surface area (Å²) in [6.45, 7) is 6.48. The molecule has 1 amide bonds. The first kappa shape index (κ1) is 21.2. The van der Waals surface area contributed by atoms with Crippen molar-refractivity contribution in [2.45, 2.75) is 13.5 Å². The highest BCUT2D eigenvalue weighted by molar-refractivity contribution is 6.30. The van der Waals surface area contributed by atoms with E-state index in [2.05, 4.69) is 11.0 Å². The number of halogens is 1. The molecule has 29 heavy (non-hydrogen) atoms. The zero-order valence-corrected chi connectivity index (χ0v) is 17.7. The number of amides is 1. The number of rotatable bonds is 7. The third kappa shape index (κ3) is 5.99. The maximum atomic E-state index is 12.6. The molecule has 1 aliphatic rings. The topological polar surface area (TPSA) is 42.0 Å². The minimum absolute atomic E-state index is 0.0289. The smallest absolute Gasteiger partial charge is 0.246 e. The lowest BCUT2D eigenvalue weighted by molar-refractivity contribution is -0.127. The molecular weight excluding hydrogens is 388 g/mol. The van der Waals surface area contributed by atoms with E-state index in [1.165, 1.54) is 5.56 Å². The number of hydrogen-bond acceptors (Lipinski definition) is 4. The predicted octanol–water partition coefficient (Wildman–Crippen LogP) is 4.10. The molecule has 0 bridgehead atoms. The minimum Gasteiger partial charge on any atom is -0.493 e. The molecular formula is C23H27ClN2O3. The summed E-state index contributed by atoms with van der Waals surface area (Å²) in [6, 6.07) is 13.6. The van der Waals surface area contributed by atoms with Gasteiger partial charge >= 0.3 is 0 Å². The van der Waals surface area contributed by atoms with Crippen LogP contribution in [-0.4, -0.2) is 55.6 Å². The van der Waals surface area contributed by atoms with Gasteiger partial charge in [0, 0.05) is 43.8 Å². The normalized spacial score (nSPS) is 14.9. The van der Waals surface area contributed by atoms with Crippen LogP contribution in [0.4, 0.5) is 0 Å². The van der Waals surface area contributed by atoms with Gasteiger partial charge in [-0.2, -0.15) is 0 Å². The van der Waals surface area contributed by atoms with E-state index in [1.807, 2.05) is 54.3 Å². The fraction of sp³-hybridized carbons (Fsp3) is 0.348. The molecule has 0 spiro atoms. The lowest BCUT2D eigenvalue weighted by Crippen LogP contribution is -2.47. The van der Waals surface area contributed by atoms with Crippen LogP contribution in [-0.2, 0) is 11.3 Å². The summed E-state index contributed by atoms with van der Waals surface area (Å²) in [4.78, 5) is 16.8. The Kier molecular flexibility index (Phi) is 7.55. The van der Waals surface area contributed by atoms with Crippen molar-refractivity contribution in [3.8, 4) is 11.5 Å². The second kappa shape index (κ2) is 10.3. The van der Waals surface area contributed by atoms with Crippen molar-refractivity contribution in [1.82, 2.24) is 9.80 Å². The van der Waals surface area contributed by atoms with Gasteiger partial charge in [0.15, 0.2) is 11.5 Å². The van der Waals surface area contributed by atoms with E-state index >= 15 is 0 Å². The van der Waals surface area contributed by atoms with Crippen LogP contribution in [0.1, 0.15) is 18.1 Å². The molecule has 0 aliphatic carbocycles. The summed E-state index contributed by atoms with van der Waals surface area (Å²) >= 11 is 6.06. The van der Waals surface area contributed by atoms with Crippen molar-refractivity contribution in [2.24, 2.45) is 0 Å². The van der Waals surface area contributed by atoms with Gasteiger partial charge in [0.2, 0.25) is 5.91 Å². The van der Waals surface area contributed by atoms with Crippen molar-refractivity contribution in [1.29, 1.82) is 0 Å². The zero-order valence-electron chi connectivity index (χ0n) is 16.9. The van der Waals surface area contributed by atoms with E-state index in [9.17, 15) is 4.79 Å². The fourth-order valence-corrected chi connectivity index (χ4v) is 3.57. The monoisotopic (exact) mass is 414 g/mol. The fourth-order valence-electron chi connectivity index (χ4n) is 3.36. The molecule has 1 heterocycles. The van der Waals surface area contributed by atoms with Gasteiger partial charge in [-0.15, -0.1) is 0 Å². The second-order valence-corrected chi connectivity index (χ2v) is 7.34. The molecule has 3 rings (SSSR count). The van der Waals surface area contributed by atoms with E-state index in [0.29, 0.717) is 18.1 Å². The maximum absolute atomic E-state index is 12.6. The minimum atomic E-state index is 0.0289. The summed E-state index contributed by atoms with van der Waals surface area (Å²) in [6.07, 6.45) is 3.45. The molecule has 0 atom stereocenters. The van der Waals surface area contributed by atoms with Gasteiger partial charge in [0.1, 0.15) is 0 Å². The summed E-state index contributed by atoms with van der Waals surface area (Å²) in [5.74, 6) is 1.39. The van der Waals surface area contributed by atoms with Gasteiger partial charge in [-0.05, 0) is 48.4 Å². The van der Waals surface area contributed by atoms with Gasteiger partial charge < -0.3 is 14.4 Å². The average Bonchev–Trinajstić information content (AvgIpc) is 2.73. The highest BCUT2D eigenvalue weighted by Crippen LogP contribution is 2.28. The van der Waals surface area contributed by atoms with Gasteiger partial charge in [-0.3, -0.25) is 9.69 Å². The van der Waals surface area contributed by atoms with E-state index in [4.69, 9.17) is 21.1 Å². The van der Waals surface area contributed by atoms with Crippen LogP contribution in [0.2, 0.25) is 5.02 Å². The number of nitrogens with zero attached hydrogens (tertiary/aromatic N) is 2. The zero-order chi connectivity index (χ0) is 20.6. The third-order valence-corrected chi connectivity index (χ3v) is 5.12. The Morgan fingerprint density at radius 1 is 1.10 bits per heavy atom. The first-order valence-electron chi connectivity index (χ1n) is 9.83. The summed E-state index contributed by atoms with van der Waals surface area (Å²) in [5.41, 5.74) is 2.10. The maximum Gasteiger partial charge on any atom is 0.246 e. The largest absolute Gasteiger partial charge is 0.493 e. The van der Waals surface area contributed by atoms with E-state index in [1.54, 1.807) is 13.2 Å². The van der Waals surface area contributed by atoms with Gasteiger partial charge in [0.25, 0.3) is 0 Å². The highest BCUT2D eigenvalue weighted by Gasteiger charge is 2.19. The van der Waals surface area contributed by atoms with Crippen molar-refractivity contribution in [2.75, 3.05) is 39.9 Å². The molecule has 2 aromatic carbocycles. The number of methoxy groups -OCH3 is 1. The van der Waals surface area contributed by atoms with Crippen LogP contribution in [0, 0.1) is 0 Å². The molecule has 1 fully saturated rings. The number of benzene rings is 2. The molecule has 1 aliphatic heterocycles. The number of piperazine rings is 1. The Morgan fingerprint density at radius 2 is 1.90 bits per heavy atom. The van der Waals surface area contributed by atoms with Crippen molar-refractivity contribution < 1.29 is 14.3 Å². The third-order valence-electron chi connectivity index (χ3n) is 4.89. The van der Waals surface area contributed by atoms with Crippen molar-refractivity contribution in [3.63, 3.8) is 0 Å². The van der Waals surface area contributed by atoms with Gasteiger partial charge in [-0.25, -0.2) is 0 Å². The van der Waals surface area contributed by atoms with E-state index < -0.39 is 0 Å². The number of carbonyl (C=O) groups excluding carboxylic acids is 1. The summed E-state index contributed by atoms with van der Waals surface area (Å²) in [7, 11) is 1.61. The molecule has 6 heteroatoms. The Labute approximate surface area is 177 Å². The number of hydrogen-bond donors (Lipinski definition) is 0. The molecule has 0 saturated carbocycles. The van der Waals surface area contributed by atoms with Crippen LogP contribution >= 0.6 is 11.6 Å². The number of ether oxygens (including phenoxy) is 2. The van der Waals surface area contributed by atoms with Gasteiger partial charge in [-0.1, -0.05) is 29.8 Å². The standard InChI is InChI=1S/C23H27ClN2O3/c1-3-29-22-16-18(7-9-21(22)28-2)8-10-23(27)26-13-11-25(12-14-26)17-19-5-4-6-20(24)15-19/h4-10,15-16H,3,11-14,17H2,1-2H3/b10-8+. The van der Waals surface area contributed by atoms with Crippen LogP contribution < -0.4 is 9.47 Å². The molecule has 154 valence electrons. The van der Waals surface area contributed by atoms with Gasteiger partial charge in [0.05, 0.1) is 13.7 Å². The average molecular weight is 415 g/mol. The van der Waals surface area contributed by atoms with Crippen molar-refractivity contribution in [3.05, 3.63) is 64.7 Å². The Morgan fingerprint density at radius 3 is 2.59 bits per heavy atom. The first-order chi connectivity index (χ1) is 14.1. The summed E-state index contributed by atoms with van der Waals surface area (Å²) < 4.78 is 10.9. The molecule has 5 nitrogen and oxygen atoms in total. The molecule has 1 saturated heterocycles. The van der Waals surface area contributed by atoms with Crippen molar-refractivity contribution >= 4 is 23.6 Å². The van der Waals surface area contributed by atoms with Crippen LogP contribution in [0.25, 0.3) is 6.08 Å². The Hall–Kier alpha value is -2.50. The molecule has 0 N–H and O–H groups in total. The molecule has 0 unspecified atom stereocenters. The van der Waals surface area contributed by atoms with E-state index in [-0.39, 0.29) is 5.91 Å². The lowest BCUT2D eigenvalue weighted by Gasteiger charge is -2.34. The van der Waals surface area contributed by atoms with Crippen LogP contribution in [0.15, 0.2) is 48.5 Å². The highest BCUT2D eigenvalue weighted by atomic mass is 35.5. The number of carbonyl (C=O) groups is 1. The van der Waals surface area contributed by atoms with Crippen LogP contribution in [0.3, 0.4) is 0 Å². The second-order valence-electron chi connectivity index (χ2n) is 6.91. The molecule has 2 aromatic rings. The molecule has 0 aromatic heterocycles. The Balaban J connectivity index is 1.53. The SMILES string of the molecule is CCOc1cc(/C=C/C(=O)N2CCN(Cc3cccc(Cl)c3)CC2)ccc1OC. The van der Waals surface area contributed by atoms with E-state index in [0.717, 1.165) is 43.3 Å². The Bertz CT molecular complexity index is 861. The first-order valence-corrected chi connectivity index (χ1v) is 10.2. The lowest BCUT2D eigenvalue weighted by atomic mass is 10.1. The summed E-state index contributed by atoms with van der Waals surface area (Å²) in [5, 5.41) is 0.757. The predicted molar refractivity (Wildman–Crippen MR) is 117 cm³/mol.